The molecule has 0 aromatic carbocycles. The summed E-state index contributed by atoms with van der Waals surface area (Å²) in [6.45, 7) is 10.6. The first-order valence-corrected chi connectivity index (χ1v) is 8.77. The molecule has 1 aliphatic heterocycles. The van der Waals surface area contributed by atoms with Crippen molar-refractivity contribution in [3.05, 3.63) is 29.9 Å². The fraction of sp³-hybridized carbons (Fsp3) is 0.647. The van der Waals surface area contributed by atoms with Crippen LogP contribution in [-0.2, 0) is 6.54 Å². The van der Waals surface area contributed by atoms with Gasteiger partial charge in [-0.1, -0.05) is 20.8 Å². The average molecular weight is 346 g/mol. The zero-order valence-corrected chi connectivity index (χ0v) is 15.3. The molecule has 0 amide bonds. The molecule has 1 unspecified atom stereocenters. The van der Waals surface area contributed by atoms with Crippen molar-refractivity contribution in [2.75, 3.05) is 24.5 Å². The summed E-state index contributed by atoms with van der Waals surface area (Å²) in [7, 11) is 0. The summed E-state index contributed by atoms with van der Waals surface area (Å²) in [5, 5.41) is 18.5. The lowest BCUT2D eigenvalue weighted by molar-refractivity contribution is 0.0761. The van der Waals surface area contributed by atoms with E-state index in [1.165, 1.54) is 0 Å². The predicted octanol–water partition coefficient (Wildman–Crippen LogP) is 1.36. The van der Waals surface area contributed by atoms with Crippen molar-refractivity contribution < 1.29 is 9.52 Å². The van der Waals surface area contributed by atoms with Crippen LogP contribution >= 0.6 is 0 Å². The van der Waals surface area contributed by atoms with E-state index in [4.69, 9.17) is 4.42 Å². The van der Waals surface area contributed by atoms with Crippen LogP contribution in [0.25, 0.3) is 0 Å². The maximum Gasteiger partial charge on any atom is 0.230 e. The Bertz CT molecular complexity index is 704. The molecule has 2 atom stereocenters. The van der Waals surface area contributed by atoms with Gasteiger partial charge in [-0.2, -0.15) is 0 Å². The summed E-state index contributed by atoms with van der Waals surface area (Å²) in [6, 6.07) is 1.90. The molecule has 3 rings (SSSR count). The summed E-state index contributed by atoms with van der Waals surface area (Å²) in [6.07, 6.45) is 1.33. The van der Waals surface area contributed by atoms with Gasteiger partial charge in [-0.25, -0.2) is 9.97 Å². The van der Waals surface area contributed by atoms with Gasteiger partial charge in [0.1, 0.15) is 11.6 Å². The molecule has 136 valence electrons. The van der Waals surface area contributed by atoms with Gasteiger partial charge in [-0.05, 0) is 12.6 Å². The topological polar surface area (TPSA) is 91.4 Å². The van der Waals surface area contributed by atoms with Gasteiger partial charge < -0.3 is 14.4 Å². The molecule has 0 saturated carbocycles. The van der Waals surface area contributed by atoms with Crippen molar-refractivity contribution in [1.29, 1.82) is 0 Å². The third kappa shape index (κ3) is 3.96. The third-order valence-electron chi connectivity index (χ3n) is 4.54. The van der Waals surface area contributed by atoms with E-state index in [2.05, 4.69) is 50.7 Å². The molecule has 8 heteroatoms. The zero-order chi connectivity index (χ0) is 18.0. The second kappa shape index (κ2) is 7.45. The van der Waals surface area contributed by atoms with E-state index in [1.54, 1.807) is 13.1 Å². The van der Waals surface area contributed by atoms with Crippen molar-refractivity contribution in [2.24, 2.45) is 0 Å². The molecule has 1 N–H and O–H groups in total. The molecule has 0 spiro atoms. The van der Waals surface area contributed by atoms with Gasteiger partial charge in [0.05, 0.1) is 18.7 Å². The highest BCUT2D eigenvalue weighted by atomic mass is 16.4. The third-order valence-corrected chi connectivity index (χ3v) is 4.54. The molecular formula is C17H26N6O2. The first-order chi connectivity index (χ1) is 12.0. The number of hydrogen-bond donors (Lipinski definition) is 1. The first-order valence-electron chi connectivity index (χ1n) is 8.77. The molecule has 0 aliphatic carbocycles. The van der Waals surface area contributed by atoms with Gasteiger partial charge in [-0.3, -0.25) is 4.90 Å². The van der Waals surface area contributed by atoms with Crippen LogP contribution in [0, 0.1) is 6.92 Å². The number of anilines is 1. The predicted molar refractivity (Wildman–Crippen MR) is 93.2 cm³/mol. The Morgan fingerprint density at radius 1 is 1.36 bits per heavy atom. The summed E-state index contributed by atoms with van der Waals surface area (Å²) < 4.78 is 5.48. The van der Waals surface area contributed by atoms with Crippen molar-refractivity contribution in [2.45, 2.75) is 52.3 Å². The number of rotatable bonds is 6. The van der Waals surface area contributed by atoms with Crippen LogP contribution in [-0.4, -0.2) is 62.0 Å². The average Bonchev–Trinajstić information content (AvgIpc) is 3.18. The van der Waals surface area contributed by atoms with Gasteiger partial charge in [0.2, 0.25) is 11.8 Å². The minimum atomic E-state index is -0.457. The maximum atomic E-state index is 10.6. The maximum absolute atomic E-state index is 10.6. The minimum absolute atomic E-state index is 0.00493. The lowest BCUT2D eigenvalue weighted by Gasteiger charge is -2.28. The van der Waals surface area contributed by atoms with Crippen molar-refractivity contribution in [3.8, 4) is 0 Å². The second-order valence-electron chi connectivity index (χ2n) is 6.75. The van der Waals surface area contributed by atoms with Gasteiger partial charge in [-0.15, -0.1) is 10.2 Å². The smallest absolute Gasteiger partial charge is 0.230 e. The van der Waals surface area contributed by atoms with Crippen molar-refractivity contribution in [3.63, 3.8) is 0 Å². The fourth-order valence-corrected chi connectivity index (χ4v) is 3.17. The highest BCUT2D eigenvalue weighted by Gasteiger charge is 2.36. The van der Waals surface area contributed by atoms with E-state index < -0.39 is 6.10 Å². The molecule has 0 radical (unpaired) electrons. The van der Waals surface area contributed by atoms with Gasteiger partial charge >= 0.3 is 0 Å². The Labute approximate surface area is 147 Å². The zero-order valence-electron chi connectivity index (χ0n) is 15.3. The molecule has 25 heavy (non-hydrogen) atoms. The van der Waals surface area contributed by atoms with E-state index in [-0.39, 0.29) is 12.0 Å². The highest BCUT2D eigenvalue weighted by molar-refractivity contribution is 5.40. The largest absolute Gasteiger partial charge is 0.424 e. The van der Waals surface area contributed by atoms with E-state index in [1.807, 2.05) is 6.07 Å². The van der Waals surface area contributed by atoms with Crippen LogP contribution in [0.4, 0.5) is 5.82 Å². The van der Waals surface area contributed by atoms with Crippen LogP contribution in [0.2, 0.25) is 0 Å². The lowest BCUT2D eigenvalue weighted by Crippen LogP contribution is -2.42. The number of nitrogens with zero attached hydrogens (tertiary/aromatic N) is 6. The second-order valence-corrected chi connectivity index (χ2v) is 6.75. The van der Waals surface area contributed by atoms with Crippen LogP contribution in [0.5, 0.6) is 0 Å². The Balaban J connectivity index is 1.72. The van der Waals surface area contributed by atoms with Gasteiger partial charge in [0.15, 0.2) is 0 Å². The van der Waals surface area contributed by atoms with Crippen LogP contribution < -0.4 is 4.90 Å². The molecular weight excluding hydrogens is 320 g/mol. The fourth-order valence-electron chi connectivity index (χ4n) is 3.17. The first kappa shape index (κ1) is 17.8. The molecule has 2 aromatic rings. The summed E-state index contributed by atoms with van der Waals surface area (Å²) >= 11 is 0. The molecule has 0 bridgehead atoms. The monoisotopic (exact) mass is 346 g/mol. The lowest BCUT2D eigenvalue weighted by atomic mass is 10.2. The summed E-state index contributed by atoms with van der Waals surface area (Å²) in [5.41, 5.74) is 0. The summed E-state index contributed by atoms with van der Waals surface area (Å²) in [5.74, 6) is 3.10. The number of likely N-dealkylation sites (N-methyl/N-ethyl adjacent to an activating group) is 1. The van der Waals surface area contributed by atoms with Crippen LogP contribution in [0.3, 0.4) is 0 Å². The standard InChI is InChI=1S/C17H26N6O2/c1-5-22(10-16-21-20-12(4)25-16)13-8-23(9-14(13)24)15-6-7-18-17(19-15)11(2)3/h6-7,11,13-14,24H,5,8-10H2,1-4H3/t13?,14-/m1/s1. The molecule has 1 aliphatic rings. The van der Waals surface area contributed by atoms with E-state index in [0.29, 0.717) is 31.4 Å². The quantitative estimate of drug-likeness (QED) is 0.838. The normalized spacial score (nSPS) is 20.8. The molecule has 3 heterocycles. The SMILES string of the molecule is CCN(Cc1nnc(C)o1)C1CN(c2ccnc(C(C)C)n2)C[C@H]1O. The highest BCUT2D eigenvalue weighted by Crippen LogP contribution is 2.24. The van der Waals surface area contributed by atoms with Crippen LogP contribution in [0.15, 0.2) is 16.7 Å². The van der Waals surface area contributed by atoms with Crippen molar-refractivity contribution >= 4 is 5.82 Å². The number of aromatic nitrogens is 4. The number of hydrogen-bond acceptors (Lipinski definition) is 8. The van der Waals surface area contributed by atoms with Gasteiger partial charge in [0.25, 0.3) is 0 Å². The van der Waals surface area contributed by atoms with E-state index in [9.17, 15) is 5.11 Å². The number of β-amino-alcohol motifs (C(OH)–C–C–N with tert-alkyl or cyclic N) is 1. The van der Waals surface area contributed by atoms with E-state index in [0.717, 1.165) is 18.2 Å². The van der Waals surface area contributed by atoms with Gasteiger partial charge in [0, 0.05) is 32.1 Å². The molecule has 1 fully saturated rings. The Kier molecular flexibility index (Phi) is 5.29. The molecule has 2 aromatic heterocycles. The Morgan fingerprint density at radius 2 is 2.16 bits per heavy atom. The Morgan fingerprint density at radius 3 is 2.80 bits per heavy atom. The van der Waals surface area contributed by atoms with Crippen LogP contribution in [0.1, 0.15) is 44.3 Å². The Hall–Kier alpha value is -2.06. The number of aliphatic hydroxyl groups is 1. The summed E-state index contributed by atoms with van der Waals surface area (Å²) in [4.78, 5) is 13.2. The van der Waals surface area contributed by atoms with E-state index >= 15 is 0 Å². The van der Waals surface area contributed by atoms with Crippen molar-refractivity contribution in [1.82, 2.24) is 25.1 Å². The number of aryl methyl sites for hydroxylation is 1. The molecule has 8 nitrogen and oxygen atoms in total. The minimum Gasteiger partial charge on any atom is -0.424 e. The molecule has 1 saturated heterocycles. The number of aliphatic hydroxyl groups excluding tert-OH is 1.